The Morgan fingerprint density at radius 2 is 2.11 bits per heavy atom. The predicted octanol–water partition coefficient (Wildman–Crippen LogP) is 2.17. The minimum Gasteiger partial charge on any atom is -0.325 e. The van der Waals surface area contributed by atoms with Gasteiger partial charge in [-0.25, -0.2) is 0 Å². The third kappa shape index (κ3) is 2.69. The molecule has 0 bridgehead atoms. The van der Waals surface area contributed by atoms with Gasteiger partial charge in [0.25, 0.3) is 0 Å². The Morgan fingerprint density at radius 3 is 2.84 bits per heavy atom. The van der Waals surface area contributed by atoms with Crippen molar-refractivity contribution in [2.75, 3.05) is 11.9 Å². The number of nitrogens with zero attached hydrogens (tertiary/aromatic N) is 1. The van der Waals surface area contributed by atoms with E-state index < -0.39 is 0 Å². The summed E-state index contributed by atoms with van der Waals surface area (Å²) in [5.41, 5.74) is 1.88. The minimum atomic E-state index is -0.0461. The summed E-state index contributed by atoms with van der Waals surface area (Å²) in [6.07, 6.45) is 5.96. The van der Waals surface area contributed by atoms with E-state index in [1.165, 1.54) is 0 Å². The number of nitrogens with one attached hydrogen (secondary N) is 2. The lowest BCUT2D eigenvalue weighted by atomic mass is 10.2. The zero-order valence-corrected chi connectivity index (χ0v) is 10.7. The number of rotatable bonds is 3. The standard InChI is InChI=1S/C15H17N3O/c19-15(14-7-4-8-16-14)17-12-5-3-6-13(11-12)18-9-1-2-10-18/h1-3,5-6,9-11,14,16H,4,7-8H2,(H,17,19). The maximum atomic E-state index is 12.0. The van der Waals surface area contributed by atoms with Gasteiger partial charge in [0, 0.05) is 23.8 Å². The van der Waals surface area contributed by atoms with Gasteiger partial charge in [-0.3, -0.25) is 4.79 Å². The van der Waals surface area contributed by atoms with E-state index in [9.17, 15) is 4.79 Å². The molecule has 1 unspecified atom stereocenters. The molecule has 4 heteroatoms. The first-order valence-electron chi connectivity index (χ1n) is 6.60. The number of hydrogen-bond acceptors (Lipinski definition) is 2. The number of aromatic nitrogens is 1. The van der Waals surface area contributed by atoms with Crippen molar-refractivity contribution >= 4 is 11.6 Å². The first-order valence-corrected chi connectivity index (χ1v) is 6.60. The zero-order chi connectivity index (χ0) is 13.1. The van der Waals surface area contributed by atoms with Crippen LogP contribution in [0.3, 0.4) is 0 Å². The molecule has 4 nitrogen and oxygen atoms in total. The maximum absolute atomic E-state index is 12.0. The van der Waals surface area contributed by atoms with E-state index in [2.05, 4.69) is 10.6 Å². The Bertz CT molecular complexity index is 557. The zero-order valence-electron chi connectivity index (χ0n) is 10.7. The van der Waals surface area contributed by atoms with Crippen molar-refractivity contribution in [2.24, 2.45) is 0 Å². The summed E-state index contributed by atoms with van der Waals surface area (Å²) >= 11 is 0. The molecule has 1 aliphatic rings. The number of carbonyl (C=O) groups is 1. The Morgan fingerprint density at radius 1 is 1.26 bits per heavy atom. The lowest BCUT2D eigenvalue weighted by Gasteiger charge is -2.12. The first kappa shape index (κ1) is 12.0. The molecule has 1 aromatic carbocycles. The van der Waals surface area contributed by atoms with Gasteiger partial charge in [-0.1, -0.05) is 6.07 Å². The fraction of sp³-hybridized carbons (Fsp3) is 0.267. The summed E-state index contributed by atoms with van der Waals surface area (Å²) in [5.74, 6) is 0.0576. The molecule has 2 aromatic rings. The van der Waals surface area contributed by atoms with E-state index in [0.717, 1.165) is 30.8 Å². The summed E-state index contributed by atoms with van der Waals surface area (Å²) in [7, 11) is 0. The van der Waals surface area contributed by atoms with E-state index in [1.54, 1.807) is 0 Å². The van der Waals surface area contributed by atoms with Crippen molar-refractivity contribution in [3.63, 3.8) is 0 Å². The predicted molar refractivity (Wildman–Crippen MR) is 75.4 cm³/mol. The quantitative estimate of drug-likeness (QED) is 0.883. The van der Waals surface area contributed by atoms with Crippen LogP contribution in [0.1, 0.15) is 12.8 Å². The molecule has 1 aromatic heterocycles. The van der Waals surface area contributed by atoms with Crippen LogP contribution in [0.4, 0.5) is 5.69 Å². The summed E-state index contributed by atoms with van der Waals surface area (Å²) in [6.45, 7) is 0.932. The Kier molecular flexibility index (Phi) is 3.33. The molecule has 98 valence electrons. The monoisotopic (exact) mass is 255 g/mol. The molecule has 0 aliphatic carbocycles. The Labute approximate surface area is 112 Å². The SMILES string of the molecule is O=C(Nc1cccc(-n2cccc2)c1)C1CCCN1. The largest absolute Gasteiger partial charge is 0.325 e. The van der Waals surface area contributed by atoms with Gasteiger partial charge in [-0.2, -0.15) is 0 Å². The number of benzene rings is 1. The third-order valence-electron chi connectivity index (χ3n) is 3.39. The van der Waals surface area contributed by atoms with Gasteiger partial charge in [0.2, 0.25) is 5.91 Å². The molecule has 0 spiro atoms. The third-order valence-corrected chi connectivity index (χ3v) is 3.39. The van der Waals surface area contributed by atoms with Crippen LogP contribution in [0.2, 0.25) is 0 Å². The van der Waals surface area contributed by atoms with Crippen molar-refractivity contribution in [3.8, 4) is 5.69 Å². The van der Waals surface area contributed by atoms with Crippen LogP contribution in [0.15, 0.2) is 48.8 Å². The highest BCUT2D eigenvalue weighted by atomic mass is 16.2. The first-order chi connectivity index (χ1) is 9.33. The molecule has 0 saturated carbocycles. The smallest absolute Gasteiger partial charge is 0.241 e. The summed E-state index contributed by atoms with van der Waals surface area (Å²) in [5, 5.41) is 6.17. The Balaban J connectivity index is 1.74. The number of anilines is 1. The highest BCUT2D eigenvalue weighted by Gasteiger charge is 2.21. The fourth-order valence-electron chi connectivity index (χ4n) is 2.39. The molecule has 1 amide bonds. The van der Waals surface area contributed by atoms with Crippen LogP contribution < -0.4 is 10.6 Å². The highest BCUT2D eigenvalue weighted by molar-refractivity contribution is 5.95. The van der Waals surface area contributed by atoms with E-state index in [0.29, 0.717) is 0 Å². The maximum Gasteiger partial charge on any atom is 0.241 e. The van der Waals surface area contributed by atoms with Gasteiger partial charge >= 0.3 is 0 Å². The second kappa shape index (κ2) is 5.28. The number of hydrogen-bond donors (Lipinski definition) is 2. The van der Waals surface area contributed by atoms with E-state index in [4.69, 9.17) is 0 Å². The minimum absolute atomic E-state index is 0.0461. The summed E-state index contributed by atoms with van der Waals surface area (Å²) in [6, 6.07) is 11.8. The molecule has 3 rings (SSSR count). The van der Waals surface area contributed by atoms with Gasteiger partial charge in [0.15, 0.2) is 0 Å². The molecule has 2 N–H and O–H groups in total. The summed E-state index contributed by atoms with van der Waals surface area (Å²) in [4.78, 5) is 12.0. The van der Waals surface area contributed by atoms with Crippen LogP contribution >= 0.6 is 0 Å². The average molecular weight is 255 g/mol. The van der Waals surface area contributed by atoms with Crippen molar-refractivity contribution < 1.29 is 4.79 Å². The van der Waals surface area contributed by atoms with Crippen molar-refractivity contribution in [1.29, 1.82) is 0 Å². The van der Waals surface area contributed by atoms with E-state index in [1.807, 2.05) is 53.4 Å². The fourth-order valence-corrected chi connectivity index (χ4v) is 2.39. The van der Waals surface area contributed by atoms with Crippen LogP contribution in [-0.4, -0.2) is 23.1 Å². The van der Waals surface area contributed by atoms with Gasteiger partial charge in [0.1, 0.15) is 0 Å². The van der Waals surface area contributed by atoms with Crippen LogP contribution in [0, 0.1) is 0 Å². The molecule has 0 radical (unpaired) electrons. The Hall–Kier alpha value is -2.07. The summed E-state index contributed by atoms with van der Waals surface area (Å²) < 4.78 is 2.02. The number of carbonyl (C=O) groups excluding carboxylic acids is 1. The molecule has 1 fully saturated rings. The van der Waals surface area contributed by atoms with Crippen LogP contribution in [-0.2, 0) is 4.79 Å². The molecular weight excluding hydrogens is 238 g/mol. The number of amides is 1. The van der Waals surface area contributed by atoms with Crippen molar-refractivity contribution in [2.45, 2.75) is 18.9 Å². The molecule has 1 saturated heterocycles. The second-order valence-electron chi connectivity index (χ2n) is 4.78. The molecular formula is C15H17N3O. The highest BCUT2D eigenvalue weighted by Crippen LogP contribution is 2.16. The molecule has 19 heavy (non-hydrogen) atoms. The topological polar surface area (TPSA) is 46.1 Å². The van der Waals surface area contributed by atoms with Gasteiger partial charge in [0.05, 0.1) is 6.04 Å². The van der Waals surface area contributed by atoms with Crippen LogP contribution in [0.25, 0.3) is 5.69 Å². The average Bonchev–Trinajstić information content (AvgIpc) is 3.13. The molecule has 1 atom stereocenters. The molecule has 2 heterocycles. The van der Waals surface area contributed by atoms with E-state index in [-0.39, 0.29) is 11.9 Å². The lowest BCUT2D eigenvalue weighted by molar-refractivity contribution is -0.117. The van der Waals surface area contributed by atoms with E-state index >= 15 is 0 Å². The van der Waals surface area contributed by atoms with Crippen molar-refractivity contribution in [3.05, 3.63) is 48.8 Å². The second-order valence-corrected chi connectivity index (χ2v) is 4.78. The van der Waals surface area contributed by atoms with Crippen LogP contribution in [0.5, 0.6) is 0 Å². The lowest BCUT2D eigenvalue weighted by Crippen LogP contribution is -2.35. The van der Waals surface area contributed by atoms with Crippen molar-refractivity contribution in [1.82, 2.24) is 9.88 Å². The molecule has 1 aliphatic heterocycles. The van der Waals surface area contributed by atoms with Gasteiger partial charge in [-0.15, -0.1) is 0 Å². The van der Waals surface area contributed by atoms with Gasteiger partial charge < -0.3 is 15.2 Å². The van der Waals surface area contributed by atoms with Gasteiger partial charge in [-0.05, 0) is 49.7 Å². The normalized spacial score (nSPS) is 18.4.